The van der Waals surface area contributed by atoms with Gasteiger partial charge < -0.3 is 4.57 Å². The van der Waals surface area contributed by atoms with E-state index in [2.05, 4.69) is 36.4 Å². The zero-order chi connectivity index (χ0) is 15.7. The Morgan fingerprint density at radius 2 is 1.95 bits per heavy atom. The highest BCUT2D eigenvalue weighted by Gasteiger charge is 2.17. The maximum atomic E-state index is 9.37. The van der Waals surface area contributed by atoms with Crippen LogP contribution in [0.25, 0.3) is 16.6 Å². The van der Waals surface area contributed by atoms with Crippen molar-refractivity contribution in [3.8, 4) is 11.8 Å². The summed E-state index contributed by atoms with van der Waals surface area (Å²) in [5, 5.41) is 10.3. The summed E-state index contributed by atoms with van der Waals surface area (Å²) in [6.45, 7) is 6.57. The van der Waals surface area contributed by atoms with Crippen molar-refractivity contribution in [1.29, 1.82) is 5.26 Å². The zero-order valence-corrected chi connectivity index (χ0v) is 13.7. The summed E-state index contributed by atoms with van der Waals surface area (Å²) >= 11 is 1.80. The van der Waals surface area contributed by atoms with Crippen molar-refractivity contribution >= 4 is 22.7 Å². The molecule has 110 valence electrons. The molecule has 0 aliphatic heterocycles. The van der Waals surface area contributed by atoms with E-state index in [-0.39, 0.29) is 4.75 Å². The first-order valence-electron chi connectivity index (χ1n) is 7.13. The average molecular weight is 307 g/mol. The molecule has 0 radical (unpaired) electrons. The molecule has 22 heavy (non-hydrogen) atoms. The Kier molecular flexibility index (Phi) is 3.67. The van der Waals surface area contributed by atoms with Crippen LogP contribution in [0.15, 0.2) is 53.8 Å². The predicted molar refractivity (Wildman–Crippen MR) is 91.4 cm³/mol. The molecule has 0 saturated heterocycles. The molecule has 4 heteroatoms. The van der Waals surface area contributed by atoms with Crippen LogP contribution in [0.2, 0.25) is 0 Å². The van der Waals surface area contributed by atoms with E-state index in [9.17, 15) is 5.26 Å². The summed E-state index contributed by atoms with van der Waals surface area (Å²) < 4.78 is 2.17. The number of nitriles is 1. The maximum absolute atomic E-state index is 9.37. The lowest BCUT2D eigenvalue weighted by Gasteiger charge is -2.20. The Hall–Kier alpha value is -2.25. The molecule has 3 nitrogen and oxygen atoms in total. The average Bonchev–Trinajstić information content (AvgIpc) is 2.85. The molecule has 2 heterocycles. The van der Waals surface area contributed by atoms with Crippen molar-refractivity contribution in [3.63, 3.8) is 0 Å². The van der Waals surface area contributed by atoms with E-state index in [1.807, 2.05) is 48.9 Å². The third-order valence-corrected chi connectivity index (χ3v) is 4.45. The number of benzene rings is 1. The number of nitrogens with zero attached hydrogens (tertiary/aromatic N) is 3. The number of hydrogen-bond acceptors (Lipinski definition) is 3. The minimum Gasteiger partial charge on any atom is -0.313 e. The Morgan fingerprint density at radius 3 is 2.68 bits per heavy atom. The molecule has 0 aliphatic rings. The van der Waals surface area contributed by atoms with Crippen LogP contribution in [-0.4, -0.2) is 14.3 Å². The summed E-state index contributed by atoms with van der Waals surface area (Å²) in [7, 11) is 0. The first kappa shape index (κ1) is 14.7. The van der Waals surface area contributed by atoms with E-state index in [0.29, 0.717) is 5.56 Å². The van der Waals surface area contributed by atoms with Gasteiger partial charge >= 0.3 is 0 Å². The van der Waals surface area contributed by atoms with E-state index < -0.39 is 0 Å². The molecule has 2 aromatic heterocycles. The van der Waals surface area contributed by atoms with E-state index in [1.165, 1.54) is 0 Å². The van der Waals surface area contributed by atoms with Crippen LogP contribution in [-0.2, 0) is 0 Å². The Labute approximate surface area is 134 Å². The predicted octanol–water partition coefficient (Wildman–Crippen LogP) is 4.79. The van der Waals surface area contributed by atoms with Crippen LogP contribution in [0.5, 0.6) is 0 Å². The molecule has 0 amide bonds. The Morgan fingerprint density at radius 1 is 1.18 bits per heavy atom. The number of rotatable bonds is 2. The minimum atomic E-state index is 0.108. The number of para-hydroxylation sites is 1. The highest BCUT2D eigenvalue weighted by Crippen LogP contribution is 2.36. The van der Waals surface area contributed by atoms with Gasteiger partial charge in [-0.15, -0.1) is 11.8 Å². The largest absolute Gasteiger partial charge is 0.313 e. The second-order valence-corrected chi connectivity index (χ2v) is 7.97. The van der Waals surface area contributed by atoms with E-state index >= 15 is 0 Å². The van der Waals surface area contributed by atoms with Gasteiger partial charge in [0.1, 0.15) is 6.07 Å². The summed E-state index contributed by atoms with van der Waals surface area (Å²) in [6, 6.07) is 12.3. The van der Waals surface area contributed by atoms with Gasteiger partial charge in [-0.3, -0.25) is 4.98 Å². The highest BCUT2D eigenvalue weighted by molar-refractivity contribution is 8.00. The Bertz CT molecular complexity index is 866. The SMILES string of the molecule is CC(C)(C)Sc1ccncc1-n1cc(C#N)c2ccccc21. The van der Waals surface area contributed by atoms with Gasteiger partial charge in [-0.25, -0.2) is 0 Å². The maximum Gasteiger partial charge on any atom is 0.101 e. The van der Waals surface area contributed by atoms with Crippen molar-refractivity contribution < 1.29 is 0 Å². The molecule has 3 rings (SSSR count). The smallest absolute Gasteiger partial charge is 0.101 e. The molecule has 0 atom stereocenters. The molecule has 0 spiro atoms. The second-order valence-electron chi connectivity index (χ2n) is 6.10. The van der Waals surface area contributed by atoms with Crippen molar-refractivity contribution in [2.75, 3.05) is 0 Å². The van der Waals surface area contributed by atoms with Gasteiger partial charge in [0.05, 0.1) is 23.0 Å². The molecule has 0 N–H and O–H groups in total. The molecule has 0 bridgehead atoms. The summed E-state index contributed by atoms with van der Waals surface area (Å²) in [5.41, 5.74) is 2.73. The first-order chi connectivity index (χ1) is 10.5. The van der Waals surface area contributed by atoms with Gasteiger partial charge in [0.25, 0.3) is 0 Å². The zero-order valence-electron chi connectivity index (χ0n) is 12.9. The van der Waals surface area contributed by atoms with Gasteiger partial charge in [-0.1, -0.05) is 39.0 Å². The topological polar surface area (TPSA) is 41.6 Å². The minimum absolute atomic E-state index is 0.108. The quantitative estimate of drug-likeness (QED) is 0.639. The van der Waals surface area contributed by atoms with E-state index in [4.69, 9.17) is 0 Å². The standard InChI is InChI=1S/C18H17N3S/c1-18(2,3)22-17-8-9-20-11-16(17)21-12-13(10-19)14-6-4-5-7-15(14)21/h4-9,11-12H,1-3H3. The lowest BCUT2D eigenvalue weighted by molar-refractivity contribution is 0.801. The third-order valence-electron chi connectivity index (χ3n) is 3.27. The lowest BCUT2D eigenvalue weighted by Crippen LogP contribution is -2.08. The van der Waals surface area contributed by atoms with Crippen molar-refractivity contribution in [2.45, 2.75) is 30.4 Å². The second kappa shape index (κ2) is 5.51. The summed E-state index contributed by atoms with van der Waals surface area (Å²) in [5.74, 6) is 0. The third kappa shape index (κ3) is 2.72. The number of hydrogen-bond donors (Lipinski definition) is 0. The van der Waals surface area contributed by atoms with Gasteiger partial charge in [0.2, 0.25) is 0 Å². The molecule has 0 saturated carbocycles. The summed E-state index contributed by atoms with van der Waals surface area (Å²) in [6.07, 6.45) is 5.57. The van der Waals surface area contributed by atoms with Crippen molar-refractivity contribution in [2.24, 2.45) is 0 Å². The van der Waals surface area contributed by atoms with E-state index in [0.717, 1.165) is 21.5 Å². The lowest BCUT2D eigenvalue weighted by atomic mass is 10.2. The first-order valence-corrected chi connectivity index (χ1v) is 7.95. The van der Waals surface area contributed by atoms with Crippen molar-refractivity contribution in [3.05, 3.63) is 54.5 Å². The van der Waals surface area contributed by atoms with Crippen LogP contribution >= 0.6 is 11.8 Å². The molecule has 0 unspecified atom stereocenters. The molecule has 0 fully saturated rings. The number of thioether (sulfide) groups is 1. The highest BCUT2D eigenvalue weighted by atomic mass is 32.2. The molecule has 0 aliphatic carbocycles. The Balaban J connectivity index is 2.23. The van der Waals surface area contributed by atoms with Crippen molar-refractivity contribution in [1.82, 2.24) is 9.55 Å². The van der Waals surface area contributed by atoms with Crippen LogP contribution in [0, 0.1) is 11.3 Å². The van der Waals surface area contributed by atoms with Crippen LogP contribution in [0.1, 0.15) is 26.3 Å². The van der Waals surface area contributed by atoms with E-state index in [1.54, 1.807) is 11.8 Å². The summed E-state index contributed by atoms with van der Waals surface area (Å²) in [4.78, 5) is 5.44. The number of pyridine rings is 1. The molecule has 3 aromatic rings. The fraction of sp³-hybridized carbons (Fsp3) is 0.222. The monoisotopic (exact) mass is 307 g/mol. The van der Waals surface area contributed by atoms with Crippen LogP contribution in [0.4, 0.5) is 0 Å². The fourth-order valence-corrected chi connectivity index (χ4v) is 3.48. The normalized spacial score (nSPS) is 11.5. The fourth-order valence-electron chi connectivity index (χ4n) is 2.44. The number of fused-ring (bicyclic) bond motifs is 1. The van der Waals surface area contributed by atoms with Gasteiger partial charge in [-0.05, 0) is 12.1 Å². The molecular formula is C18H17N3S. The number of aromatic nitrogens is 2. The molecule has 1 aromatic carbocycles. The van der Waals surface area contributed by atoms with Crippen LogP contribution in [0.3, 0.4) is 0 Å². The van der Waals surface area contributed by atoms with Gasteiger partial charge in [-0.2, -0.15) is 5.26 Å². The van der Waals surface area contributed by atoms with Gasteiger partial charge in [0, 0.05) is 27.4 Å². The van der Waals surface area contributed by atoms with Gasteiger partial charge in [0.15, 0.2) is 0 Å². The molecular weight excluding hydrogens is 290 g/mol. The van der Waals surface area contributed by atoms with Crippen LogP contribution < -0.4 is 0 Å².